The highest BCUT2D eigenvalue weighted by molar-refractivity contribution is 5.06. The van der Waals surface area contributed by atoms with E-state index in [4.69, 9.17) is 4.74 Å². The van der Waals surface area contributed by atoms with Crippen molar-refractivity contribution in [2.24, 2.45) is 14.1 Å². The lowest BCUT2D eigenvalue weighted by Crippen LogP contribution is -2.59. The topological polar surface area (TPSA) is 68.5 Å². The van der Waals surface area contributed by atoms with Crippen LogP contribution in [0.1, 0.15) is 37.7 Å². The fourth-order valence-electron chi connectivity index (χ4n) is 4.29. The third-order valence-electron chi connectivity index (χ3n) is 5.75. The van der Waals surface area contributed by atoms with Crippen LogP contribution in [0.2, 0.25) is 0 Å². The van der Waals surface area contributed by atoms with Crippen molar-refractivity contribution in [3.63, 3.8) is 0 Å². The van der Waals surface area contributed by atoms with Crippen molar-refractivity contribution >= 4 is 0 Å². The summed E-state index contributed by atoms with van der Waals surface area (Å²) < 4.78 is 8.17. The molecular weight excluding hydrogens is 320 g/mol. The highest BCUT2D eigenvalue weighted by Crippen LogP contribution is 2.33. The molecule has 1 aromatic heterocycles. The Labute approximate surface area is 148 Å². The minimum absolute atomic E-state index is 0.175. The number of nitrogens with one attached hydrogen (secondary N) is 1. The summed E-state index contributed by atoms with van der Waals surface area (Å²) in [5.74, 6) is 0. The second-order valence-corrected chi connectivity index (χ2v) is 7.40. The van der Waals surface area contributed by atoms with Crippen LogP contribution in [0.25, 0.3) is 0 Å². The standard InChI is InChI=1S/C18H30N4O3/c1-20-13-15(16(23)21(2)17(20)24)12-19-14-18(6-4-3-5-7-18)22-8-10-25-11-9-22/h13,19H,3-12,14H2,1-2H3. The minimum Gasteiger partial charge on any atom is -0.379 e. The first-order chi connectivity index (χ1) is 12.0. The maximum atomic E-state index is 12.3. The van der Waals surface area contributed by atoms with E-state index in [9.17, 15) is 9.59 Å². The third-order valence-corrected chi connectivity index (χ3v) is 5.75. The number of hydrogen-bond acceptors (Lipinski definition) is 5. The van der Waals surface area contributed by atoms with Gasteiger partial charge in [0.2, 0.25) is 0 Å². The molecule has 1 saturated carbocycles. The molecule has 7 nitrogen and oxygen atoms in total. The molecule has 0 amide bonds. The quantitative estimate of drug-likeness (QED) is 0.822. The fourth-order valence-corrected chi connectivity index (χ4v) is 4.29. The summed E-state index contributed by atoms with van der Waals surface area (Å²) in [5.41, 5.74) is 0.316. The molecule has 0 aromatic carbocycles. The molecule has 2 aliphatic rings. The number of nitrogens with zero attached hydrogens (tertiary/aromatic N) is 3. The fraction of sp³-hybridized carbons (Fsp3) is 0.778. The molecule has 1 aliphatic carbocycles. The maximum Gasteiger partial charge on any atom is 0.330 e. The van der Waals surface area contributed by atoms with E-state index in [1.807, 2.05) is 0 Å². The van der Waals surface area contributed by atoms with Gasteiger partial charge in [-0.25, -0.2) is 4.79 Å². The minimum atomic E-state index is -0.286. The molecule has 1 aliphatic heterocycles. The molecule has 1 N–H and O–H groups in total. The zero-order chi connectivity index (χ0) is 17.9. The van der Waals surface area contributed by atoms with Gasteiger partial charge in [-0.3, -0.25) is 14.3 Å². The molecule has 140 valence electrons. The summed E-state index contributed by atoms with van der Waals surface area (Å²) in [4.78, 5) is 26.7. The first kappa shape index (κ1) is 18.4. The van der Waals surface area contributed by atoms with Crippen LogP contribution in [-0.2, 0) is 25.4 Å². The first-order valence-corrected chi connectivity index (χ1v) is 9.33. The van der Waals surface area contributed by atoms with E-state index in [1.165, 1.54) is 48.3 Å². The number of aryl methyl sites for hydroxylation is 1. The van der Waals surface area contributed by atoms with Crippen molar-refractivity contribution in [1.82, 2.24) is 19.4 Å². The van der Waals surface area contributed by atoms with E-state index in [1.54, 1.807) is 13.2 Å². The van der Waals surface area contributed by atoms with Gasteiger partial charge in [0.1, 0.15) is 0 Å². The highest BCUT2D eigenvalue weighted by atomic mass is 16.5. The summed E-state index contributed by atoms with van der Waals surface area (Å²) in [6, 6.07) is 0. The molecule has 0 unspecified atom stereocenters. The van der Waals surface area contributed by atoms with Gasteiger partial charge in [0.25, 0.3) is 5.56 Å². The predicted octanol–water partition coefficient (Wildman–Crippen LogP) is 0.209. The van der Waals surface area contributed by atoms with Gasteiger partial charge in [0, 0.05) is 57.6 Å². The monoisotopic (exact) mass is 350 g/mol. The van der Waals surface area contributed by atoms with E-state index in [0.29, 0.717) is 12.1 Å². The van der Waals surface area contributed by atoms with Crippen LogP contribution in [-0.4, -0.2) is 52.4 Å². The van der Waals surface area contributed by atoms with Crippen molar-refractivity contribution in [1.29, 1.82) is 0 Å². The Morgan fingerprint density at radius 3 is 2.48 bits per heavy atom. The Morgan fingerprint density at radius 1 is 1.12 bits per heavy atom. The van der Waals surface area contributed by atoms with Gasteiger partial charge in [-0.1, -0.05) is 19.3 Å². The van der Waals surface area contributed by atoms with Crippen molar-refractivity contribution < 1.29 is 4.74 Å². The Morgan fingerprint density at radius 2 is 1.80 bits per heavy atom. The predicted molar refractivity (Wildman–Crippen MR) is 96.8 cm³/mol. The first-order valence-electron chi connectivity index (χ1n) is 9.33. The van der Waals surface area contributed by atoms with Crippen LogP contribution in [0.4, 0.5) is 0 Å². The lowest BCUT2D eigenvalue weighted by atomic mass is 9.79. The van der Waals surface area contributed by atoms with Crippen LogP contribution in [0.3, 0.4) is 0 Å². The number of hydrogen-bond donors (Lipinski definition) is 1. The molecule has 0 atom stereocenters. The average molecular weight is 350 g/mol. The Bertz CT molecular complexity index is 697. The van der Waals surface area contributed by atoms with Crippen LogP contribution in [0.5, 0.6) is 0 Å². The zero-order valence-corrected chi connectivity index (χ0v) is 15.4. The summed E-state index contributed by atoms with van der Waals surface area (Å²) in [7, 11) is 3.21. The van der Waals surface area contributed by atoms with Gasteiger partial charge in [0.05, 0.1) is 13.2 Å². The van der Waals surface area contributed by atoms with Crippen molar-refractivity contribution in [3.8, 4) is 0 Å². The van der Waals surface area contributed by atoms with E-state index in [-0.39, 0.29) is 16.8 Å². The summed E-state index contributed by atoms with van der Waals surface area (Å²) in [6.07, 6.45) is 7.89. The summed E-state index contributed by atoms with van der Waals surface area (Å²) in [6.45, 7) is 4.96. The second-order valence-electron chi connectivity index (χ2n) is 7.40. The van der Waals surface area contributed by atoms with Gasteiger partial charge >= 0.3 is 5.69 Å². The normalized spacial score (nSPS) is 21.4. The largest absolute Gasteiger partial charge is 0.379 e. The molecule has 7 heteroatoms. The SMILES string of the molecule is Cn1cc(CNCC2(N3CCOCC3)CCCCC2)c(=O)n(C)c1=O. The molecule has 0 radical (unpaired) electrons. The number of morpholine rings is 1. The van der Waals surface area contributed by atoms with Gasteiger partial charge in [-0.05, 0) is 12.8 Å². The van der Waals surface area contributed by atoms with Crippen LogP contribution in [0.15, 0.2) is 15.8 Å². The van der Waals surface area contributed by atoms with Crippen molar-refractivity contribution in [3.05, 3.63) is 32.6 Å². The zero-order valence-electron chi connectivity index (χ0n) is 15.4. The van der Waals surface area contributed by atoms with Crippen molar-refractivity contribution in [2.75, 3.05) is 32.8 Å². The molecule has 0 bridgehead atoms. The number of aromatic nitrogens is 2. The van der Waals surface area contributed by atoms with Crippen molar-refractivity contribution in [2.45, 2.75) is 44.2 Å². The molecule has 1 aromatic rings. The Balaban J connectivity index is 1.70. The number of rotatable bonds is 5. The van der Waals surface area contributed by atoms with Gasteiger partial charge in [0.15, 0.2) is 0 Å². The smallest absolute Gasteiger partial charge is 0.330 e. The molecular formula is C18H30N4O3. The molecule has 2 fully saturated rings. The van der Waals surface area contributed by atoms with Crippen LogP contribution in [0, 0.1) is 0 Å². The van der Waals surface area contributed by atoms with Gasteiger partial charge in [-0.15, -0.1) is 0 Å². The van der Waals surface area contributed by atoms with Crippen LogP contribution < -0.4 is 16.6 Å². The molecule has 3 rings (SSSR count). The summed E-state index contributed by atoms with van der Waals surface area (Å²) in [5, 5.41) is 3.51. The molecule has 0 spiro atoms. The Hall–Kier alpha value is -1.44. The molecule has 2 heterocycles. The van der Waals surface area contributed by atoms with Gasteiger partial charge < -0.3 is 14.6 Å². The lowest BCUT2D eigenvalue weighted by molar-refractivity contribution is -0.0369. The number of ether oxygens (including phenoxy) is 1. The van der Waals surface area contributed by atoms with Gasteiger partial charge in [-0.2, -0.15) is 0 Å². The lowest BCUT2D eigenvalue weighted by Gasteiger charge is -2.48. The van der Waals surface area contributed by atoms with Crippen LogP contribution >= 0.6 is 0 Å². The van der Waals surface area contributed by atoms with E-state index in [2.05, 4.69) is 10.2 Å². The molecule has 1 saturated heterocycles. The highest BCUT2D eigenvalue weighted by Gasteiger charge is 2.38. The maximum absolute atomic E-state index is 12.3. The second kappa shape index (κ2) is 7.85. The van der Waals surface area contributed by atoms with E-state index >= 15 is 0 Å². The van der Waals surface area contributed by atoms with E-state index < -0.39 is 0 Å². The summed E-state index contributed by atoms with van der Waals surface area (Å²) >= 11 is 0. The third kappa shape index (κ3) is 3.88. The Kier molecular flexibility index (Phi) is 5.76. The molecule has 25 heavy (non-hydrogen) atoms. The van der Waals surface area contributed by atoms with E-state index in [0.717, 1.165) is 32.8 Å². The average Bonchev–Trinajstić information content (AvgIpc) is 2.65.